The van der Waals surface area contributed by atoms with Crippen LogP contribution in [0.15, 0.2) is 24.3 Å². The zero-order valence-corrected chi connectivity index (χ0v) is 8.71. The van der Waals surface area contributed by atoms with Crippen LogP contribution in [0.1, 0.15) is 5.56 Å². The molecule has 0 atom stereocenters. The first kappa shape index (κ1) is 13.3. The van der Waals surface area contributed by atoms with Crippen LogP contribution in [0.25, 0.3) is 0 Å². The van der Waals surface area contributed by atoms with Gasteiger partial charge in [0.25, 0.3) is 0 Å². The number of aliphatic hydroxyl groups excluding tert-OH is 1. The Morgan fingerprint density at radius 3 is 2.65 bits per heavy atom. The second-order valence-corrected chi connectivity index (χ2v) is 3.28. The van der Waals surface area contributed by atoms with Gasteiger partial charge in [0.1, 0.15) is 6.54 Å². The van der Waals surface area contributed by atoms with Crippen molar-refractivity contribution in [1.29, 1.82) is 0 Å². The molecule has 7 heteroatoms. The maximum Gasteiger partial charge on any atom is 0.405 e. The highest BCUT2D eigenvalue weighted by molar-refractivity contribution is 5.89. The van der Waals surface area contributed by atoms with Gasteiger partial charge in [-0.1, -0.05) is 12.1 Å². The number of hydrogen-bond donors (Lipinski definition) is 3. The number of amides is 2. The van der Waals surface area contributed by atoms with Crippen LogP contribution in [0.3, 0.4) is 0 Å². The summed E-state index contributed by atoms with van der Waals surface area (Å²) in [4.78, 5) is 11.1. The number of benzene rings is 1. The number of nitrogens with one attached hydrogen (secondary N) is 2. The number of carbonyl (C=O) groups excluding carboxylic acids is 1. The van der Waals surface area contributed by atoms with Gasteiger partial charge in [-0.25, -0.2) is 4.79 Å². The summed E-state index contributed by atoms with van der Waals surface area (Å²) in [6, 6.07) is 5.22. The first-order chi connectivity index (χ1) is 7.90. The number of rotatable bonds is 3. The Morgan fingerprint density at radius 1 is 1.35 bits per heavy atom. The molecule has 0 bridgehead atoms. The Labute approximate surface area is 95.4 Å². The molecule has 1 aromatic carbocycles. The van der Waals surface area contributed by atoms with Crippen molar-refractivity contribution in [2.24, 2.45) is 0 Å². The van der Waals surface area contributed by atoms with Gasteiger partial charge in [-0.05, 0) is 17.7 Å². The quantitative estimate of drug-likeness (QED) is 0.764. The van der Waals surface area contributed by atoms with Crippen LogP contribution in [-0.2, 0) is 6.61 Å². The molecule has 0 fully saturated rings. The third-order valence-electron chi connectivity index (χ3n) is 1.82. The highest BCUT2D eigenvalue weighted by Gasteiger charge is 2.27. The minimum Gasteiger partial charge on any atom is -0.392 e. The van der Waals surface area contributed by atoms with Crippen LogP contribution < -0.4 is 10.6 Å². The minimum absolute atomic E-state index is 0.209. The van der Waals surface area contributed by atoms with Gasteiger partial charge in [0.15, 0.2) is 0 Å². The molecule has 0 aliphatic rings. The van der Waals surface area contributed by atoms with E-state index in [1.54, 1.807) is 17.4 Å². The highest BCUT2D eigenvalue weighted by atomic mass is 19.4. The van der Waals surface area contributed by atoms with Gasteiger partial charge in [-0.2, -0.15) is 13.2 Å². The van der Waals surface area contributed by atoms with Crippen molar-refractivity contribution in [3.05, 3.63) is 29.8 Å². The summed E-state index contributed by atoms with van der Waals surface area (Å²) < 4.78 is 35.4. The van der Waals surface area contributed by atoms with E-state index in [0.29, 0.717) is 11.3 Å². The van der Waals surface area contributed by atoms with E-state index in [1.807, 2.05) is 0 Å². The molecule has 17 heavy (non-hydrogen) atoms. The molecule has 94 valence electrons. The third kappa shape index (κ3) is 5.21. The number of alkyl halides is 3. The minimum atomic E-state index is -4.44. The first-order valence-electron chi connectivity index (χ1n) is 4.72. The van der Waals surface area contributed by atoms with Crippen LogP contribution in [0.2, 0.25) is 0 Å². The van der Waals surface area contributed by atoms with Crippen LogP contribution in [0, 0.1) is 0 Å². The van der Waals surface area contributed by atoms with E-state index in [-0.39, 0.29) is 6.61 Å². The Balaban J connectivity index is 2.50. The second kappa shape index (κ2) is 5.53. The summed E-state index contributed by atoms with van der Waals surface area (Å²) in [5, 5.41) is 12.7. The molecule has 0 saturated heterocycles. The summed E-state index contributed by atoms with van der Waals surface area (Å²) in [5.41, 5.74) is 0.870. The van der Waals surface area contributed by atoms with Gasteiger partial charge < -0.3 is 15.7 Å². The SMILES string of the molecule is O=C(NCC(F)(F)F)Nc1cccc(CO)c1. The lowest BCUT2D eigenvalue weighted by atomic mass is 10.2. The Bertz CT molecular complexity index is 393. The lowest BCUT2D eigenvalue weighted by molar-refractivity contribution is -0.122. The molecule has 1 rings (SSSR count). The van der Waals surface area contributed by atoms with Gasteiger partial charge >= 0.3 is 12.2 Å². The summed E-state index contributed by atoms with van der Waals surface area (Å²) in [5.74, 6) is 0. The average Bonchev–Trinajstić information content (AvgIpc) is 2.26. The standard InChI is InChI=1S/C10H11F3N2O2/c11-10(12,13)6-14-9(17)15-8-3-1-2-7(4-8)5-16/h1-4,16H,5-6H2,(H2,14,15,17). The molecule has 3 N–H and O–H groups in total. The van der Waals surface area contributed by atoms with Gasteiger partial charge in [0.05, 0.1) is 6.61 Å². The van der Waals surface area contributed by atoms with E-state index < -0.39 is 18.8 Å². The summed E-state index contributed by atoms with van der Waals surface area (Å²) in [7, 11) is 0. The van der Waals surface area contributed by atoms with Gasteiger partial charge in [0, 0.05) is 5.69 Å². The van der Waals surface area contributed by atoms with Crippen molar-refractivity contribution < 1.29 is 23.1 Å². The molecule has 0 aliphatic carbocycles. The van der Waals surface area contributed by atoms with E-state index >= 15 is 0 Å². The van der Waals surface area contributed by atoms with E-state index in [9.17, 15) is 18.0 Å². The maximum absolute atomic E-state index is 11.8. The Hall–Kier alpha value is -1.76. The average molecular weight is 248 g/mol. The largest absolute Gasteiger partial charge is 0.405 e. The normalized spacial score (nSPS) is 11.1. The molecule has 0 heterocycles. The fraction of sp³-hybridized carbons (Fsp3) is 0.300. The summed E-state index contributed by atoms with van der Waals surface area (Å²) >= 11 is 0. The predicted octanol–water partition coefficient (Wildman–Crippen LogP) is 1.86. The molecular formula is C10H11F3N2O2. The number of carbonyl (C=O) groups is 1. The predicted molar refractivity (Wildman–Crippen MR) is 55.4 cm³/mol. The fourth-order valence-electron chi connectivity index (χ4n) is 1.10. The molecule has 1 aromatic rings. The van der Waals surface area contributed by atoms with Crippen molar-refractivity contribution in [3.8, 4) is 0 Å². The molecule has 0 aromatic heterocycles. The molecule has 0 unspecified atom stereocenters. The Morgan fingerprint density at radius 2 is 2.06 bits per heavy atom. The van der Waals surface area contributed by atoms with Crippen molar-refractivity contribution >= 4 is 11.7 Å². The number of urea groups is 1. The van der Waals surface area contributed by atoms with Gasteiger partial charge in [0.2, 0.25) is 0 Å². The summed E-state index contributed by atoms with van der Waals surface area (Å²) in [6.07, 6.45) is -4.44. The number of anilines is 1. The highest BCUT2D eigenvalue weighted by Crippen LogP contribution is 2.13. The van der Waals surface area contributed by atoms with Crippen molar-refractivity contribution in [2.45, 2.75) is 12.8 Å². The lowest BCUT2D eigenvalue weighted by Crippen LogP contribution is -2.36. The van der Waals surface area contributed by atoms with Crippen molar-refractivity contribution in [3.63, 3.8) is 0 Å². The van der Waals surface area contributed by atoms with Crippen LogP contribution in [0.4, 0.5) is 23.7 Å². The van der Waals surface area contributed by atoms with Crippen LogP contribution >= 0.6 is 0 Å². The number of hydrogen-bond acceptors (Lipinski definition) is 2. The van der Waals surface area contributed by atoms with Gasteiger partial charge in [-0.15, -0.1) is 0 Å². The molecule has 2 amide bonds. The van der Waals surface area contributed by atoms with Gasteiger partial charge in [-0.3, -0.25) is 0 Å². The van der Waals surface area contributed by atoms with Crippen LogP contribution in [0.5, 0.6) is 0 Å². The topological polar surface area (TPSA) is 61.4 Å². The molecule has 4 nitrogen and oxygen atoms in total. The van der Waals surface area contributed by atoms with E-state index in [2.05, 4.69) is 5.32 Å². The zero-order valence-electron chi connectivity index (χ0n) is 8.71. The van der Waals surface area contributed by atoms with E-state index in [0.717, 1.165) is 0 Å². The van der Waals surface area contributed by atoms with Crippen LogP contribution in [-0.4, -0.2) is 23.9 Å². The summed E-state index contributed by atoms with van der Waals surface area (Å²) in [6.45, 7) is -1.60. The molecule has 0 spiro atoms. The first-order valence-corrected chi connectivity index (χ1v) is 4.72. The fourth-order valence-corrected chi connectivity index (χ4v) is 1.10. The second-order valence-electron chi connectivity index (χ2n) is 3.28. The number of halogens is 3. The zero-order chi connectivity index (χ0) is 12.9. The third-order valence-corrected chi connectivity index (χ3v) is 1.82. The smallest absolute Gasteiger partial charge is 0.392 e. The molecule has 0 radical (unpaired) electrons. The Kier molecular flexibility index (Phi) is 4.33. The monoisotopic (exact) mass is 248 g/mol. The molecule has 0 saturated carbocycles. The maximum atomic E-state index is 11.8. The lowest BCUT2D eigenvalue weighted by Gasteiger charge is -2.10. The number of aliphatic hydroxyl groups is 1. The van der Waals surface area contributed by atoms with E-state index in [1.165, 1.54) is 12.1 Å². The molecular weight excluding hydrogens is 237 g/mol. The van der Waals surface area contributed by atoms with Crippen molar-refractivity contribution in [1.82, 2.24) is 5.32 Å². The molecule has 0 aliphatic heterocycles. The van der Waals surface area contributed by atoms with Crippen molar-refractivity contribution in [2.75, 3.05) is 11.9 Å². The van der Waals surface area contributed by atoms with E-state index in [4.69, 9.17) is 5.11 Å².